The fourth-order valence-electron chi connectivity index (χ4n) is 4.10. The summed E-state index contributed by atoms with van der Waals surface area (Å²) in [5, 5.41) is 4.58. The van der Waals surface area contributed by atoms with Crippen molar-refractivity contribution in [2.45, 2.75) is 39.0 Å². The van der Waals surface area contributed by atoms with Crippen molar-refractivity contribution in [1.29, 1.82) is 0 Å². The van der Waals surface area contributed by atoms with Gasteiger partial charge in [0.05, 0.1) is 18.9 Å². The maximum Gasteiger partial charge on any atom is 0.250 e. The maximum atomic E-state index is 12.5. The van der Waals surface area contributed by atoms with E-state index in [0.29, 0.717) is 19.3 Å². The predicted octanol–water partition coefficient (Wildman–Crippen LogP) is 6.08. The molecule has 1 aromatic heterocycles. The minimum atomic E-state index is -0.0752. The number of nitrogens with one attached hydrogen (secondary N) is 2. The normalized spacial score (nSPS) is 16.1. The Hall–Kier alpha value is -1.87. The number of hydrogen-bond donors (Lipinski definition) is 2. The van der Waals surface area contributed by atoms with Crippen LogP contribution >= 0.6 is 39.5 Å². The summed E-state index contributed by atoms with van der Waals surface area (Å²) in [4.78, 5) is 22.7. The average molecular weight is 545 g/mol. The van der Waals surface area contributed by atoms with Crippen LogP contribution in [0.2, 0.25) is 0 Å². The molecule has 0 bridgehead atoms. The van der Waals surface area contributed by atoms with Crippen molar-refractivity contribution in [3.63, 3.8) is 0 Å². The highest BCUT2D eigenvalue weighted by Crippen LogP contribution is 2.52. The Labute approximate surface area is 210 Å². The van der Waals surface area contributed by atoms with Gasteiger partial charge in [-0.3, -0.25) is 4.79 Å². The third kappa shape index (κ3) is 5.14. The molecule has 5 rings (SSSR count). The summed E-state index contributed by atoms with van der Waals surface area (Å²) in [5.41, 5.74) is 3.96. The summed E-state index contributed by atoms with van der Waals surface area (Å²) in [6, 6.07) is 17.1. The average Bonchev–Trinajstić information content (AvgIpc) is 2.82. The highest BCUT2D eigenvalue weighted by atomic mass is 79.9. The molecule has 0 radical (unpaired) electrons. The van der Waals surface area contributed by atoms with Gasteiger partial charge in [-0.2, -0.15) is 0 Å². The van der Waals surface area contributed by atoms with Gasteiger partial charge in [0.25, 0.3) is 0 Å². The highest BCUT2D eigenvalue weighted by molar-refractivity contribution is 9.09. The van der Waals surface area contributed by atoms with Gasteiger partial charge < -0.3 is 19.9 Å². The van der Waals surface area contributed by atoms with Gasteiger partial charge in [0, 0.05) is 67.0 Å². The van der Waals surface area contributed by atoms with Crippen molar-refractivity contribution in [3.8, 4) is 11.3 Å². The number of halogens is 1. The molecule has 2 aromatic carbocycles. The SMILES string of the molecule is CC(CCBr)Nc1ccc2c(c1)Sc1cccc(-c3cc(N4CCOCC4)cc(=O)[nH]3)c1S2. The van der Waals surface area contributed by atoms with Crippen LogP contribution in [0.3, 0.4) is 0 Å². The molecule has 2 N–H and O–H groups in total. The molecule has 3 aromatic rings. The highest BCUT2D eigenvalue weighted by Gasteiger charge is 2.22. The van der Waals surface area contributed by atoms with E-state index in [0.717, 1.165) is 47.5 Å². The largest absolute Gasteiger partial charge is 0.383 e. The summed E-state index contributed by atoms with van der Waals surface area (Å²) in [6.07, 6.45) is 1.08. The van der Waals surface area contributed by atoms with E-state index in [1.165, 1.54) is 19.6 Å². The number of fused-ring (bicyclic) bond motifs is 2. The van der Waals surface area contributed by atoms with Gasteiger partial charge in [-0.05, 0) is 43.7 Å². The van der Waals surface area contributed by atoms with Gasteiger partial charge in [0.1, 0.15) is 0 Å². The number of benzene rings is 2. The van der Waals surface area contributed by atoms with Crippen molar-refractivity contribution in [3.05, 3.63) is 58.9 Å². The fourth-order valence-corrected chi connectivity index (χ4v) is 7.20. The van der Waals surface area contributed by atoms with Crippen molar-refractivity contribution < 1.29 is 4.74 Å². The van der Waals surface area contributed by atoms with Crippen LogP contribution in [0.4, 0.5) is 11.4 Å². The Morgan fingerprint density at radius 2 is 1.94 bits per heavy atom. The molecule has 1 atom stereocenters. The van der Waals surface area contributed by atoms with E-state index < -0.39 is 0 Å². The lowest BCUT2D eigenvalue weighted by Gasteiger charge is -2.29. The number of alkyl halides is 1. The van der Waals surface area contributed by atoms with Crippen molar-refractivity contribution in [2.24, 2.45) is 0 Å². The second-order valence-corrected chi connectivity index (χ2v) is 11.2. The fraction of sp³-hybridized carbons (Fsp3) is 0.320. The number of pyridine rings is 1. The molecular weight excluding hydrogens is 518 g/mol. The van der Waals surface area contributed by atoms with Gasteiger partial charge in [0.15, 0.2) is 0 Å². The summed E-state index contributed by atoms with van der Waals surface area (Å²) < 4.78 is 5.48. The molecule has 172 valence electrons. The molecule has 0 aliphatic carbocycles. The molecule has 1 unspecified atom stereocenters. The van der Waals surface area contributed by atoms with E-state index in [9.17, 15) is 4.79 Å². The number of morpholine rings is 1. The number of anilines is 2. The minimum Gasteiger partial charge on any atom is -0.383 e. The zero-order chi connectivity index (χ0) is 22.8. The number of aromatic amines is 1. The summed E-state index contributed by atoms with van der Waals surface area (Å²) >= 11 is 7.09. The zero-order valence-corrected chi connectivity index (χ0v) is 21.6. The molecule has 1 saturated heterocycles. The summed E-state index contributed by atoms with van der Waals surface area (Å²) in [7, 11) is 0. The first-order valence-electron chi connectivity index (χ1n) is 11.1. The minimum absolute atomic E-state index is 0.0752. The van der Waals surface area contributed by atoms with Crippen LogP contribution in [-0.2, 0) is 4.74 Å². The Kier molecular flexibility index (Phi) is 7.06. The van der Waals surface area contributed by atoms with Crippen molar-refractivity contribution >= 4 is 50.8 Å². The molecule has 0 amide bonds. The molecule has 0 saturated carbocycles. The van der Waals surface area contributed by atoms with E-state index >= 15 is 0 Å². The van der Waals surface area contributed by atoms with Gasteiger partial charge in [-0.1, -0.05) is 51.6 Å². The summed E-state index contributed by atoms with van der Waals surface area (Å²) in [5.74, 6) is 0. The molecule has 0 spiro atoms. The smallest absolute Gasteiger partial charge is 0.250 e. The Balaban J connectivity index is 1.45. The van der Waals surface area contributed by atoms with Crippen LogP contribution in [0.5, 0.6) is 0 Å². The molecule has 8 heteroatoms. The van der Waals surface area contributed by atoms with Gasteiger partial charge in [-0.15, -0.1) is 0 Å². The lowest BCUT2D eigenvalue weighted by Crippen LogP contribution is -2.36. The van der Waals surface area contributed by atoms with Gasteiger partial charge >= 0.3 is 0 Å². The number of rotatable bonds is 6. The second-order valence-electron chi connectivity index (χ2n) is 8.24. The first kappa shape index (κ1) is 22.9. The van der Waals surface area contributed by atoms with Crippen LogP contribution in [0, 0.1) is 0 Å². The van der Waals surface area contributed by atoms with E-state index in [4.69, 9.17) is 4.74 Å². The summed E-state index contributed by atoms with van der Waals surface area (Å²) in [6.45, 7) is 5.20. The molecule has 5 nitrogen and oxygen atoms in total. The van der Waals surface area contributed by atoms with Crippen LogP contribution in [-0.4, -0.2) is 42.7 Å². The van der Waals surface area contributed by atoms with E-state index in [-0.39, 0.29) is 5.56 Å². The topological polar surface area (TPSA) is 57.4 Å². The number of aromatic nitrogens is 1. The molecule has 2 aliphatic heterocycles. The third-order valence-corrected chi connectivity index (χ3v) is 8.86. The first-order chi connectivity index (χ1) is 16.1. The Morgan fingerprint density at radius 3 is 2.76 bits per heavy atom. The number of nitrogens with zero attached hydrogens (tertiary/aromatic N) is 1. The molecule has 2 aliphatic rings. The van der Waals surface area contributed by atoms with E-state index in [2.05, 4.69) is 80.5 Å². The first-order valence-corrected chi connectivity index (χ1v) is 13.9. The standard InChI is InChI=1S/C25H26BrN3O2S2/c1-16(7-8-26)27-17-5-6-21-23(13-17)32-22-4-2-3-19(25(22)33-21)20-14-18(15-24(30)28-20)29-9-11-31-12-10-29/h2-6,13-16,27H,7-12H2,1H3,(H,28,30). The second kappa shape index (κ2) is 10.2. The third-order valence-electron chi connectivity index (χ3n) is 5.81. The van der Waals surface area contributed by atoms with Gasteiger partial charge in [0.2, 0.25) is 5.56 Å². The van der Waals surface area contributed by atoms with E-state index in [1.54, 1.807) is 29.6 Å². The Bertz CT molecular complexity index is 1210. The lowest BCUT2D eigenvalue weighted by atomic mass is 10.1. The van der Waals surface area contributed by atoms with Crippen LogP contribution < -0.4 is 15.8 Å². The monoisotopic (exact) mass is 543 g/mol. The predicted molar refractivity (Wildman–Crippen MR) is 142 cm³/mol. The molecule has 3 heterocycles. The van der Waals surface area contributed by atoms with Crippen LogP contribution in [0.25, 0.3) is 11.3 Å². The quantitative estimate of drug-likeness (QED) is 0.287. The van der Waals surface area contributed by atoms with Crippen LogP contribution in [0.1, 0.15) is 13.3 Å². The van der Waals surface area contributed by atoms with Crippen molar-refractivity contribution in [1.82, 2.24) is 4.98 Å². The van der Waals surface area contributed by atoms with E-state index in [1.807, 2.05) is 0 Å². The molecule has 1 fully saturated rings. The van der Waals surface area contributed by atoms with Gasteiger partial charge in [-0.25, -0.2) is 0 Å². The molecular formula is C25H26BrN3O2S2. The zero-order valence-electron chi connectivity index (χ0n) is 18.4. The Morgan fingerprint density at radius 1 is 1.09 bits per heavy atom. The molecule has 33 heavy (non-hydrogen) atoms. The lowest BCUT2D eigenvalue weighted by molar-refractivity contribution is 0.122. The number of H-pyrrole nitrogens is 1. The number of hydrogen-bond acceptors (Lipinski definition) is 6. The maximum absolute atomic E-state index is 12.5. The van der Waals surface area contributed by atoms with Crippen LogP contribution in [0.15, 0.2) is 72.9 Å². The number of ether oxygens (including phenoxy) is 1. The van der Waals surface area contributed by atoms with Crippen molar-refractivity contribution in [2.75, 3.05) is 41.9 Å².